The minimum atomic E-state index is -0.556. The van der Waals surface area contributed by atoms with Crippen molar-refractivity contribution < 1.29 is 14.6 Å². The van der Waals surface area contributed by atoms with E-state index in [4.69, 9.17) is 16.3 Å². The van der Waals surface area contributed by atoms with Crippen molar-refractivity contribution >= 4 is 17.6 Å². The average molecular weight is 263 g/mol. The fourth-order valence-corrected chi connectivity index (χ4v) is 1.67. The summed E-state index contributed by atoms with van der Waals surface area (Å²) in [5.41, 5.74) is 1.05. The molecule has 0 fully saturated rings. The molecule has 18 heavy (non-hydrogen) atoms. The zero-order chi connectivity index (χ0) is 13.0. The highest BCUT2D eigenvalue weighted by Gasteiger charge is 2.12. The third-order valence-electron chi connectivity index (χ3n) is 2.38. The van der Waals surface area contributed by atoms with Crippen molar-refractivity contribution in [1.82, 2.24) is 0 Å². The molecule has 0 atom stereocenters. The molecule has 2 aromatic carbocycles. The predicted octanol–water partition coefficient (Wildman–Crippen LogP) is 3.40. The highest BCUT2D eigenvalue weighted by molar-refractivity contribution is 6.33. The molecular weight excluding hydrogens is 252 g/mol. The maximum atomic E-state index is 11.8. The monoisotopic (exact) mass is 262 g/mol. The number of phenolic OH excluding ortho intramolecular Hbond substituents is 1. The van der Waals surface area contributed by atoms with Gasteiger partial charge in [-0.05, 0) is 23.8 Å². The molecule has 2 aromatic rings. The van der Waals surface area contributed by atoms with Gasteiger partial charge in [0.15, 0.2) is 0 Å². The van der Waals surface area contributed by atoms with Gasteiger partial charge in [-0.2, -0.15) is 0 Å². The molecule has 0 amide bonds. The Morgan fingerprint density at radius 1 is 1.17 bits per heavy atom. The summed E-state index contributed by atoms with van der Waals surface area (Å²) in [6, 6.07) is 13.5. The van der Waals surface area contributed by atoms with Crippen LogP contribution in [0.4, 0.5) is 0 Å². The fourth-order valence-electron chi connectivity index (χ4n) is 1.47. The van der Waals surface area contributed by atoms with E-state index in [1.54, 1.807) is 0 Å². The van der Waals surface area contributed by atoms with Crippen LogP contribution >= 0.6 is 11.6 Å². The number of phenols is 1. The highest BCUT2D eigenvalue weighted by atomic mass is 35.5. The van der Waals surface area contributed by atoms with E-state index in [2.05, 4.69) is 0 Å². The minimum Gasteiger partial charge on any atom is -0.508 e. The Hall–Kier alpha value is -2.00. The average Bonchev–Trinajstić information content (AvgIpc) is 2.40. The largest absolute Gasteiger partial charge is 0.508 e. The van der Waals surface area contributed by atoms with Crippen LogP contribution in [0.5, 0.6) is 5.75 Å². The van der Waals surface area contributed by atoms with E-state index in [1.807, 2.05) is 30.3 Å². The molecule has 3 nitrogen and oxygen atoms in total. The van der Waals surface area contributed by atoms with Crippen molar-refractivity contribution in [3.63, 3.8) is 0 Å². The molecule has 0 saturated carbocycles. The van der Waals surface area contributed by atoms with Crippen LogP contribution in [0, 0.1) is 0 Å². The Morgan fingerprint density at radius 3 is 2.61 bits per heavy atom. The van der Waals surface area contributed by atoms with E-state index in [0.29, 0.717) is 0 Å². The summed E-state index contributed by atoms with van der Waals surface area (Å²) in [4.78, 5) is 11.8. The van der Waals surface area contributed by atoms with Crippen LogP contribution in [-0.2, 0) is 11.3 Å². The lowest BCUT2D eigenvalue weighted by Crippen LogP contribution is -2.05. The third kappa shape index (κ3) is 3.02. The molecule has 0 heterocycles. The Morgan fingerprint density at radius 2 is 1.89 bits per heavy atom. The maximum absolute atomic E-state index is 11.8. The van der Waals surface area contributed by atoms with E-state index in [-0.39, 0.29) is 22.9 Å². The summed E-state index contributed by atoms with van der Waals surface area (Å²) in [6.07, 6.45) is 0. The third-order valence-corrected chi connectivity index (χ3v) is 2.71. The van der Waals surface area contributed by atoms with E-state index in [0.717, 1.165) is 5.56 Å². The van der Waals surface area contributed by atoms with Crippen LogP contribution in [0.15, 0.2) is 48.5 Å². The first-order valence-electron chi connectivity index (χ1n) is 5.36. The zero-order valence-corrected chi connectivity index (χ0v) is 10.2. The van der Waals surface area contributed by atoms with Gasteiger partial charge in [0.2, 0.25) is 0 Å². The fraction of sp³-hybridized carbons (Fsp3) is 0.0714. The van der Waals surface area contributed by atoms with Gasteiger partial charge in [0.05, 0.1) is 10.6 Å². The number of ether oxygens (including phenoxy) is 1. The van der Waals surface area contributed by atoms with Gasteiger partial charge in [0.25, 0.3) is 0 Å². The van der Waals surface area contributed by atoms with E-state index in [1.165, 1.54) is 18.2 Å². The van der Waals surface area contributed by atoms with Crippen LogP contribution in [0.3, 0.4) is 0 Å². The Labute approximate surface area is 110 Å². The van der Waals surface area contributed by atoms with Crippen LogP contribution in [0.2, 0.25) is 5.02 Å². The van der Waals surface area contributed by atoms with Crippen molar-refractivity contribution in [2.45, 2.75) is 6.61 Å². The van der Waals surface area contributed by atoms with Crippen molar-refractivity contribution in [3.05, 3.63) is 64.7 Å². The predicted molar refractivity (Wildman–Crippen MR) is 68.7 cm³/mol. The molecule has 0 aliphatic rings. The van der Waals surface area contributed by atoms with Gasteiger partial charge in [-0.25, -0.2) is 4.79 Å². The first kappa shape index (κ1) is 12.5. The molecule has 0 unspecified atom stereocenters. The van der Waals surface area contributed by atoms with Crippen LogP contribution in [-0.4, -0.2) is 11.1 Å². The van der Waals surface area contributed by atoms with Crippen LogP contribution < -0.4 is 0 Å². The Balaban J connectivity index is 2.06. The summed E-state index contributed by atoms with van der Waals surface area (Å²) in [5, 5.41) is 9.56. The van der Waals surface area contributed by atoms with Crippen molar-refractivity contribution in [3.8, 4) is 5.75 Å². The molecule has 1 N–H and O–H groups in total. The van der Waals surface area contributed by atoms with E-state index >= 15 is 0 Å². The van der Waals surface area contributed by atoms with Gasteiger partial charge in [-0.15, -0.1) is 0 Å². The number of carbonyl (C=O) groups is 1. The van der Waals surface area contributed by atoms with Gasteiger partial charge >= 0.3 is 5.97 Å². The SMILES string of the molecule is O=C(OCc1ccccc1)c1cc(O)ccc1Cl. The smallest absolute Gasteiger partial charge is 0.340 e. The van der Waals surface area contributed by atoms with Gasteiger partial charge in [-0.1, -0.05) is 41.9 Å². The second kappa shape index (κ2) is 5.56. The molecule has 0 saturated heterocycles. The number of aromatic hydroxyl groups is 1. The standard InChI is InChI=1S/C14H11ClO3/c15-13-7-6-11(16)8-12(13)14(17)18-9-10-4-2-1-3-5-10/h1-8,16H,9H2. The number of halogens is 1. The second-order valence-corrected chi connectivity index (χ2v) is 4.13. The molecule has 0 aliphatic carbocycles. The van der Waals surface area contributed by atoms with Gasteiger partial charge < -0.3 is 9.84 Å². The highest BCUT2D eigenvalue weighted by Crippen LogP contribution is 2.22. The molecule has 4 heteroatoms. The molecule has 92 valence electrons. The van der Waals surface area contributed by atoms with Crippen molar-refractivity contribution in [1.29, 1.82) is 0 Å². The van der Waals surface area contributed by atoms with Gasteiger partial charge in [0, 0.05) is 0 Å². The van der Waals surface area contributed by atoms with Gasteiger partial charge in [0.1, 0.15) is 12.4 Å². The summed E-state index contributed by atoms with van der Waals surface area (Å²) in [6.45, 7) is 0.172. The number of hydrogen-bond acceptors (Lipinski definition) is 3. The minimum absolute atomic E-state index is 0.0222. The van der Waals surface area contributed by atoms with Crippen LogP contribution in [0.25, 0.3) is 0 Å². The summed E-state index contributed by atoms with van der Waals surface area (Å²) < 4.78 is 5.12. The second-order valence-electron chi connectivity index (χ2n) is 3.73. The number of carbonyl (C=O) groups excluding carboxylic acids is 1. The zero-order valence-electron chi connectivity index (χ0n) is 9.47. The van der Waals surface area contributed by atoms with Crippen molar-refractivity contribution in [2.24, 2.45) is 0 Å². The maximum Gasteiger partial charge on any atom is 0.340 e. The summed E-state index contributed by atoms with van der Waals surface area (Å²) in [5.74, 6) is -0.578. The first-order valence-corrected chi connectivity index (χ1v) is 5.74. The number of benzene rings is 2. The summed E-state index contributed by atoms with van der Waals surface area (Å²) in [7, 11) is 0. The van der Waals surface area contributed by atoms with Gasteiger partial charge in [-0.3, -0.25) is 0 Å². The molecule has 0 aromatic heterocycles. The number of hydrogen-bond donors (Lipinski definition) is 1. The lowest BCUT2D eigenvalue weighted by Gasteiger charge is -2.06. The first-order chi connectivity index (χ1) is 8.66. The molecule has 2 rings (SSSR count). The van der Waals surface area contributed by atoms with E-state index < -0.39 is 5.97 Å². The molecule has 0 radical (unpaired) electrons. The quantitative estimate of drug-likeness (QED) is 0.863. The topological polar surface area (TPSA) is 46.5 Å². The lowest BCUT2D eigenvalue weighted by atomic mass is 10.2. The molecule has 0 bridgehead atoms. The Kier molecular flexibility index (Phi) is 3.85. The molecule has 0 aliphatic heterocycles. The molecular formula is C14H11ClO3. The molecule has 0 spiro atoms. The van der Waals surface area contributed by atoms with Crippen molar-refractivity contribution in [2.75, 3.05) is 0 Å². The number of rotatable bonds is 3. The summed E-state index contributed by atoms with van der Waals surface area (Å²) >= 11 is 5.86. The van der Waals surface area contributed by atoms with E-state index in [9.17, 15) is 9.90 Å². The normalized spacial score (nSPS) is 10.1. The Bertz CT molecular complexity index is 552. The van der Waals surface area contributed by atoms with Crippen LogP contribution in [0.1, 0.15) is 15.9 Å². The number of esters is 1. The lowest BCUT2D eigenvalue weighted by molar-refractivity contribution is 0.0472.